The minimum Gasteiger partial charge on any atom is -0.468 e. The molecule has 0 amide bonds. The summed E-state index contributed by atoms with van der Waals surface area (Å²) in [7, 11) is 0. The van der Waals surface area contributed by atoms with Crippen LogP contribution in [0.3, 0.4) is 0 Å². The first-order valence-electron chi connectivity index (χ1n) is 5.68. The molecule has 0 unspecified atom stereocenters. The molecule has 90 valence electrons. The number of hydrogen-bond acceptors (Lipinski definition) is 2. The molecule has 0 saturated heterocycles. The molecule has 0 aliphatic heterocycles. The zero-order chi connectivity index (χ0) is 12.3. The normalized spacial score (nSPS) is 12.6. The Labute approximate surface area is 107 Å². The molecule has 0 aliphatic carbocycles. The van der Waals surface area contributed by atoms with Crippen molar-refractivity contribution in [2.75, 3.05) is 0 Å². The Morgan fingerprint density at radius 2 is 1.94 bits per heavy atom. The Morgan fingerprint density at radius 1 is 1.24 bits per heavy atom. The van der Waals surface area contributed by atoms with E-state index in [4.69, 9.17) is 16.0 Å². The molecule has 0 bridgehead atoms. The Hall–Kier alpha value is -1.25. The van der Waals surface area contributed by atoms with Gasteiger partial charge >= 0.3 is 0 Å². The van der Waals surface area contributed by atoms with Gasteiger partial charge in [0.05, 0.1) is 12.8 Å². The fourth-order valence-corrected chi connectivity index (χ4v) is 1.83. The molecule has 0 aliphatic rings. The monoisotopic (exact) mass is 249 g/mol. The van der Waals surface area contributed by atoms with Crippen LogP contribution in [0.15, 0.2) is 41.0 Å². The predicted molar refractivity (Wildman–Crippen MR) is 70.2 cm³/mol. The van der Waals surface area contributed by atoms with E-state index in [1.165, 1.54) is 11.1 Å². The maximum absolute atomic E-state index is 5.86. The van der Waals surface area contributed by atoms with Crippen LogP contribution in [0.1, 0.15) is 29.9 Å². The summed E-state index contributed by atoms with van der Waals surface area (Å²) in [5.41, 5.74) is 2.40. The minimum absolute atomic E-state index is 0.275. The number of rotatable bonds is 4. The Balaban J connectivity index is 1.95. The molecule has 2 aromatic rings. The van der Waals surface area contributed by atoms with Crippen LogP contribution < -0.4 is 5.32 Å². The van der Waals surface area contributed by atoms with Crippen molar-refractivity contribution < 1.29 is 4.42 Å². The molecule has 0 spiro atoms. The maximum Gasteiger partial charge on any atom is 0.120 e. The van der Waals surface area contributed by atoms with Crippen LogP contribution in [0.2, 0.25) is 5.02 Å². The number of hydrogen-bond donors (Lipinski definition) is 1. The van der Waals surface area contributed by atoms with Gasteiger partial charge in [0.1, 0.15) is 5.76 Å². The third-order valence-electron chi connectivity index (χ3n) is 2.91. The van der Waals surface area contributed by atoms with E-state index in [-0.39, 0.29) is 6.04 Å². The molecule has 1 aromatic heterocycles. The van der Waals surface area contributed by atoms with E-state index in [0.717, 1.165) is 17.3 Å². The second kappa shape index (κ2) is 5.39. The van der Waals surface area contributed by atoms with Gasteiger partial charge < -0.3 is 9.73 Å². The topological polar surface area (TPSA) is 25.2 Å². The number of halogens is 1. The summed E-state index contributed by atoms with van der Waals surface area (Å²) < 4.78 is 5.39. The van der Waals surface area contributed by atoms with Crippen LogP contribution >= 0.6 is 11.6 Å². The second-order valence-electron chi connectivity index (χ2n) is 4.18. The Bertz CT molecular complexity index is 475. The first-order chi connectivity index (χ1) is 8.16. The lowest BCUT2D eigenvalue weighted by molar-refractivity contribution is 0.458. The van der Waals surface area contributed by atoms with Crippen LogP contribution in [-0.2, 0) is 6.54 Å². The molecular formula is C14H16ClNO. The van der Waals surface area contributed by atoms with Crippen LogP contribution in [0.4, 0.5) is 0 Å². The average molecular weight is 250 g/mol. The van der Waals surface area contributed by atoms with E-state index >= 15 is 0 Å². The lowest BCUT2D eigenvalue weighted by atomic mass is 10.1. The SMILES string of the molecule is Cc1ccoc1CN[C@H](C)c1ccc(Cl)cc1. The van der Waals surface area contributed by atoms with Crippen molar-refractivity contribution >= 4 is 11.6 Å². The van der Waals surface area contributed by atoms with Crippen molar-refractivity contribution in [3.05, 3.63) is 58.5 Å². The summed E-state index contributed by atoms with van der Waals surface area (Å²) >= 11 is 5.86. The molecule has 2 rings (SSSR count). The van der Waals surface area contributed by atoms with Crippen LogP contribution in [0.25, 0.3) is 0 Å². The number of furan rings is 1. The van der Waals surface area contributed by atoms with Gasteiger partial charge in [-0.3, -0.25) is 0 Å². The van der Waals surface area contributed by atoms with Crippen molar-refractivity contribution in [2.24, 2.45) is 0 Å². The third-order valence-corrected chi connectivity index (χ3v) is 3.16. The zero-order valence-corrected chi connectivity index (χ0v) is 10.8. The van der Waals surface area contributed by atoms with Gasteiger partial charge in [0.15, 0.2) is 0 Å². The molecule has 1 atom stereocenters. The lowest BCUT2D eigenvalue weighted by Gasteiger charge is -2.13. The standard InChI is InChI=1S/C14H16ClNO/c1-10-7-8-17-14(10)9-16-11(2)12-3-5-13(15)6-4-12/h3-8,11,16H,9H2,1-2H3/t11-/m1/s1. The van der Waals surface area contributed by atoms with Crippen molar-refractivity contribution in [3.8, 4) is 0 Å². The quantitative estimate of drug-likeness (QED) is 0.883. The summed E-state index contributed by atoms with van der Waals surface area (Å²) in [4.78, 5) is 0. The van der Waals surface area contributed by atoms with Gasteiger partial charge in [-0.25, -0.2) is 0 Å². The van der Waals surface area contributed by atoms with Gasteiger partial charge in [0, 0.05) is 11.1 Å². The van der Waals surface area contributed by atoms with Crippen molar-refractivity contribution in [1.82, 2.24) is 5.32 Å². The smallest absolute Gasteiger partial charge is 0.120 e. The maximum atomic E-state index is 5.86. The average Bonchev–Trinajstić information content (AvgIpc) is 2.73. The van der Waals surface area contributed by atoms with Gasteiger partial charge in [-0.05, 0) is 43.2 Å². The first-order valence-corrected chi connectivity index (χ1v) is 6.06. The molecule has 0 saturated carbocycles. The lowest BCUT2D eigenvalue weighted by Crippen LogP contribution is -2.18. The van der Waals surface area contributed by atoms with E-state index in [1.807, 2.05) is 37.3 Å². The Kier molecular flexibility index (Phi) is 3.87. The Morgan fingerprint density at radius 3 is 2.53 bits per heavy atom. The van der Waals surface area contributed by atoms with Crippen LogP contribution in [-0.4, -0.2) is 0 Å². The molecule has 1 heterocycles. The molecule has 1 N–H and O–H groups in total. The first kappa shape index (κ1) is 12.2. The third kappa shape index (κ3) is 3.11. The van der Waals surface area contributed by atoms with Crippen molar-refractivity contribution in [2.45, 2.75) is 26.4 Å². The van der Waals surface area contributed by atoms with Crippen molar-refractivity contribution in [3.63, 3.8) is 0 Å². The van der Waals surface area contributed by atoms with Gasteiger partial charge in [-0.2, -0.15) is 0 Å². The fourth-order valence-electron chi connectivity index (χ4n) is 1.70. The molecule has 0 radical (unpaired) electrons. The molecule has 1 aromatic carbocycles. The van der Waals surface area contributed by atoms with E-state index in [1.54, 1.807) is 6.26 Å². The minimum atomic E-state index is 0.275. The number of benzene rings is 1. The zero-order valence-electron chi connectivity index (χ0n) is 10.0. The van der Waals surface area contributed by atoms with Gasteiger partial charge in [0.2, 0.25) is 0 Å². The summed E-state index contributed by atoms with van der Waals surface area (Å²) in [5.74, 6) is 0.991. The van der Waals surface area contributed by atoms with E-state index in [9.17, 15) is 0 Å². The van der Waals surface area contributed by atoms with Crippen LogP contribution in [0.5, 0.6) is 0 Å². The molecule has 3 heteroatoms. The second-order valence-corrected chi connectivity index (χ2v) is 4.62. The van der Waals surface area contributed by atoms with Gasteiger partial charge in [-0.1, -0.05) is 23.7 Å². The highest BCUT2D eigenvalue weighted by Gasteiger charge is 2.07. The fraction of sp³-hybridized carbons (Fsp3) is 0.286. The molecule has 2 nitrogen and oxygen atoms in total. The molecule has 17 heavy (non-hydrogen) atoms. The van der Waals surface area contributed by atoms with Crippen LogP contribution in [0, 0.1) is 6.92 Å². The van der Waals surface area contributed by atoms with E-state index in [0.29, 0.717) is 0 Å². The summed E-state index contributed by atoms with van der Waals surface area (Å²) in [6.45, 7) is 4.91. The largest absolute Gasteiger partial charge is 0.468 e. The van der Waals surface area contributed by atoms with E-state index in [2.05, 4.69) is 12.2 Å². The summed E-state index contributed by atoms with van der Waals surface area (Å²) in [6, 6.07) is 10.1. The van der Waals surface area contributed by atoms with Gasteiger partial charge in [0.25, 0.3) is 0 Å². The van der Waals surface area contributed by atoms with Gasteiger partial charge in [-0.15, -0.1) is 0 Å². The number of nitrogens with one attached hydrogen (secondary N) is 1. The summed E-state index contributed by atoms with van der Waals surface area (Å²) in [5, 5.41) is 4.19. The highest BCUT2D eigenvalue weighted by Crippen LogP contribution is 2.17. The van der Waals surface area contributed by atoms with Crippen molar-refractivity contribution in [1.29, 1.82) is 0 Å². The highest BCUT2D eigenvalue weighted by atomic mass is 35.5. The number of aryl methyl sites for hydroxylation is 1. The molecule has 0 fully saturated rings. The van der Waals surface area contributed by atoms with E-state index < -0.39 is 0 Å². The predicted octanol–water partition coefficient (Wildman–Crippen LogP) is 4.09. The highest BCUT2D eigenvalue weighted by molar-refractivity contribution is 6.30. The molecular weight excluding hydrogens is 234 g/mol. The summed E-state index contributed by atoms with van der Waals surface area (Å²) in [6.07, 6.45) is 1.72.